The highest BCUT2D eigenvalue weighted by Crippen LogP contribution is 2.18. The number of halogens is 2. The third-order valence-corrected chi connectivity index (χ3v) is 3.37. The van der Waals surface area contributed by atoms with E-state index in [1.165, 1.54) is 6.08 Å². The molecule has 0 aliphatic rings. The Labute approximate surface area is 140 Å². The minimum atomic E-state index is -0.486. The summed E-state index contributed by atoms with van der Waals surface area (Å²) in [4.78, 5) is 22.7. The minimum Gasteiger partial charge on any atom is -0.464 e. The SMILES string of the molecule is C=CCOC(=O)CCC(=O)OCC(Cl)Cc1ccccc1Cl. The zero-order chi connectivity index (χ0) is 16.4. The normalized spacial score (nSPS) is 11.5. The standard InChI is InChI=1S/C16H18Cl2O4/c1-2-9-21-15(19)7-8-16(20)22-11-13(17)10-12-5-3-4-6-14(12)18/h2-6,13H,1,7-11H2. The Morgan fingerprint density at radius 1 is 1.18 bits per heavy atom. The van der Waals surface area contributed by atoms with Gasteiger partial charge >= 0.3 is 11.9 Å². The Balaban J connectivity index is 2.24. The molecule has 6 heteroatoms. The van der Waals surface area contributed by atoms with Gasteiger partial charge in [-0.05, 0) is 18.1 Å². The number of benzene rings is 1. The van der Waals surface area contributed by atoms with Crippen molar-refractivity contribution in [1.29, 1.82) is 0 Å². The number of rotatable bonds is 9. The van der Waals surface area contributed by atoms with Gasteiger partial charge in [-0.1, -0.05) is 42.5 Å². The summed E-state index contributed by atoms with van der Waals surface area (Å²) in [5, 5.41) is 0.251. The van der Waals surface area contributed by atoms with Crippen LogP contribution in [0.15, 0.2) is 36.9 Å². The average molecular weight is 345 g/mol. The number of ether oxygens (including phenoxy) is 2. The van der Waals surface area contributed by atoms with Gasteiger partial charge in [0.15, 0.2) is 0 Å². The van der Waals surface area contributed by atoms with Gasteiger partial charge in [-0.2, -0.15) is 0 Å². The first kappa shape index (κ1) is 18.5. The highest BCUT2D eigenvalue weighted by atomic mass is 35.5. The Bertz CT molecular complexity index is 517. The van der Waals surface area contributed by atoms with Crippen molar-refractivity contribution in [2.75, 3.05) is 13.2 Å². The highest BCUT2D eigenvalue weighted by Gasteiger charge is 2.13. The fourth-order valence-corrected chi connectivity index (χ4v) is 2.09. The largest absolute Gasteiger partial charge is 0.464 e. The Kier molecular flexibility index (Phi) is 8.63. The highest BCUT2D eigenvalue weighted by molar-refractivity contribution is 6.31. The summed E-state index contributed by atoms with van der Waals surface area (Å²) in [5.74, 6) is -0.948. The second-order valence-electron chi connectivity index (χ2n) is 4.55. The average Bonchev–Trinajstić information content (AvgIpc) is 2.51. The van der Waals surface area contributed by atoms with Crippen LogP contribution >= 0.6 is 23.2 Å². The van der Waals surface area contributed by atoms with Crippen LogP contribution in [0.4, 0.5) is 0 Å². The van der Waals surface area contributed by atoms with E-state index in [2.05, 4.69) is 6.58 Å². The van der Waals surface area contributed by atoms with Crippen molar-refractivity contribution in [2.24, 2.45) is 0 Å². The van der Waals surface area contributed by atoms with Gasteiger partial charge in [0.1, 0.15) is 13.2 Å². The Morgan fingerprint density at radius 3 is 2.45 bits per heavy atom. The Hall–Kier alpha value is -1.52. The van der Waals surface area contributed by atoms with E-state index in [4.69, 9.17) is 32.7 Å². The molecule has 0 fully saturated rings. The molecule has 0 radical (unpaired) electrons. The van der Waals surface area contributed by atoms with Gasteiger partial charge in [0, 0.05) is 5.02 Å². The maximum absolute atomic E-state index is 11.5. The number of carbonyl (C=O) groups is 2. The molecular weight excluding hydrogens is 327 g/mol. The fourth-order valence-electron chi connectivity index (χ4n) is 1.65. The van der Waals surface area contributed by atoms with Crippen LogP contribution in [0.2, 0.25) is 5.02 Å². The molecule has 0 spiro atoms. The van der Waals surface area contributed by atoms with E-state index in [-0.39, 0.29) is 31.4 Å². The quantitative estimate of drug-likeness (QED) is 0.390. The number of hydrogen-bond acceptors (Lipinski definition) is 4. The van der Waals surface area contributed by atoms with E-state index in [0.29, 0.717) is 11.4 Å². The molecule has 1 aromatic rings. The fraction of sp³-hybridized carbons (Fsp3) is 0.375. The molecule has 0 aliphatic heterocycles. The number of carbonyl (C=O) groups excluding carboxylic acids is 2. The number of esters is 2. The molecular formula is C16H18Cl2O4. The molecule has 120 valence electrons. The van der Waals surface area contributed by atoms with Gasteiger partial charge in [0.25, 0.3) is 0 Å². The topological polar surface area (TPSA) is 52.6 Å². The maximum Gasteiger partial charge on any atom is 0.306 e. The van der Waals surface area contributed by atoms with Crippen LogP contribution in [-0.4, -0.2) is 30.5 Å². The third kappa shape index (κ3) is 7.48. The molecule has 0 amide bonds. The second kappa shape index (κ2) is 10.2. The smallest absolute Gasteiger partial charge is 0.306 e. The molecule has 0 heterocycles. The van der Waals surface area contributed by atoms with E-state index < -0.39 is 11.9 Å². The lowest BCUT2D eigenvalue weighted by Gasteiger charge is -2.11. The lowest BCUT2D eigenvalue weighted by atomic mass is 10.1. The van der Waals surface area contributed by atoms with E-state index in [0.717, 1.165) is 5.56 Å². The molecule has 0 N–H and O–H groups in total. The van der Waals surface area contributed by atoms with Gasteiger partial charge in [0.05, 0.1) is 18.2 Å². The van der Waals surface area contributed by atoms with Crippen molar-refractivity contribution in [3.8, 4) is 0 Å². The van der Waals surface area contributed by atoms with Crippen LogP contribution in [0.1, 0.15) is 18.4 Å². The molecule has 1 unspecified atom stereocenters. The van der Waals surface area contributed by atoms with Crippen LogP contribution in [0.5, 0.6) is 0 Å². The zero-order valence-corrected chi connectivity index (χ0v) is 13.6. The predicted octanol–water partition coefficient (Wildman–Crippen LogP) is 3.54. The molecule has 0 aliphatic carbocycles. The van der Waals surface area contributed by atoms with Crippen LogP contribution in [0.3, 0.4) is 0 Å². The first-order chi connectivity index (χ1) is 10.5. The molecule has 4 nitrogen and oxygen atoms in total. The zero-order valence-electron chi connectivity index (χ0n) is 12.1. The molecule has 1 aromatic carbocycles. The first-order valence-electron chi connectivity index (χ1n) is 6.82. The summed E-state index contributed by atoms with van der Waals surface area (Å²) in [5.41, 5.74) is 0.896. The molecule has 1 rings (SSSR count). The minimum absolute atomic E-state index is 0.0237. The van der Waals surface area contributed by atoms with Gasteiger partial charge in [0.2, 0.25) is 0 Å². The van der Waals surface area contributed by atoms with Crippen LogP contribution in [0, 0.1) is 0 Å². The molecule has 0 saturated heterocycles. The summed E-state index contributed by atoms with van der Waals surface area (Å²) < 4.78 is 9.78. The summed E-state index contributed by atoms with van der Waals surface area (Å²) in [7, 11) is 0. The van der Waals surface area contributed by atoms with Crippen molar-refractivity contribution in [1.82, 2.24) is 0 Å². The van der Waals surface area contributed by atoms with Crippen molar-refractivity contribution >= 4 is 35.1 Å². The second-order valence-corrected chi connectivity index (χ2v) is 5.57. The van der Waals surface area contributed by atoms with Gasteiger partial charge in [-0.15, -0.1) is 11.6 Å². The van der Waals surface area contributed by atoms with E-state index in [9.17, 15) is 9.59 Å². The van der Waals surface area contributed by atoms with E-state index in [1.54, 1.807) is 6.07 Å². The number of alkyl halides is 1. The van der Waals surface area contributed by atoms with Crippen LogP contribution in [-0.2, 0) is 25.5 Å². The summed E-state index contributed by atoms with van der Waals surface area (Å²) in [6.45, 7) is 3.62. The van der Waals surface area contributed by atoms with Crippen molar-refractivity contribution in [3.63, 3.8) is 0 Å². The van der Waals surface area contributed by atoms with Gasteiger partial charge in [-0.3, -0.25) is 9.59 Å². The summed E-state index contributed by atoms with van der Waals surface area (Å²) >= 11 is 12.2. The van der Waals surface area contributed by atoms with Crippen molar-refractivity contribution in [2.45, 2.75) is 24.6 Å². The Morgan fingerprint density at radius 2 is 1.82 bits per heavy atom. The lowest BCUT2D eigenvalue weighted by Crippen LogP contribution is -2.17. The maximum atomic E-state index is 11.5. The lowest BCUT2D eigenvalue weighted by molar-refractivity contribution is -0.149. The van der Waals surface area contributed by atoms with E-state index >= 15 is 0 Å². The summed E-state index contributed by atoms with van der Waals surface area (Å²) in [6.07, 6.45) is 1.90. The van der Waals surface area contributed by atoms with Crippen molar-refractivity contribution in [3.05, 3.63) is 47.5 Å². The number of hydrogen-bond donors (Lipinski definition) is 0. The van der Waals surface area contributed by atoms with Crippen LogP contribution < -0.4 is 0 Å². The van der Waals surface area contributed by atoms with Gasteiger partial charge in [-0.25, -0.2) is 0 Å². The van der Waals surface area contributed by atoms with Crippen molar-refractivity contribution < 1.29 is 19.1 Å². The first-order valence-corrected chi connectivity index (χ1v) is 7.64. The van der Waals surface area contributed by atoms with E-state index in [1.807, 2.05) is 18.2 Å². The third-order valence-electron chi connectivity index (χ3n) is 2.72. The molecule has 0 aromatic heterocycles. The van der Waals surface area contributed by atoms with Crippen LogP contribution in [0.25, 0.3) is 0 Å². The van der Waals surface area contributed by atoms with Gasteiger partial charge < -0.3 is 9.47 Å². The summed E-state index contributed by atoms with van der Waals surface area (Å²) in [6, 6.07) is 7.35. The monoisotopic (exact) mass is 344 g/mol. The molecule has 22 heavy (non-hydrogen) atoms. The predicted molar refractivity (Wildman–Crippen MR) is 86.1 cm³/mol. The molecule has 0 saturated carbocycles. The molecule has 0 bridgehead atoms. The molecule has 1 atom stereocenters.